The van der Waals surface area contributed by atoms with Crippen LogP contribution in [-0.4, -0.2) is 21.0 Å². The number of benzene rings is 1. The van der Waals surface area contributed by atoms with Gasteiger partial charge in [0.2, 0.25) is 5.76 Å². The molecule has 7 heteroatoms. The van der Waals surface area contributed by atoms with E-state index in [-0.39, 0.29) is 11.7 Å². The molecule has 0 fully saturated rings. The molecule has 0 bridgehead atoms. The van der Waals surface area contributed by atoms with Gasteiger partial charge in [-0.2, -0.15) is 0 Å². The summed E-state index contributed by atoms with van der Waals surface area (Å²) in [6, 6.07) is 9.58. The summed E-state index contributed by atoms with van der Waals surface area (Å²) in [5.41, 5.74) is 4.76. The highest BCUT2D eigenvalue weighted by Crippen LogP contribution is 2.33. The van der Waals surface area contributed by atoms with Crippen molar-refractivity contribution in [2.24, 2.45) is 0 Å². The van der Waals surface area contributed by atoms with E-state index in [1.165, 1.54) is 11.3 Å². The zero-order valence-electron chi connectivity index (χ0n) is 15.3. The first-order chi connectivity index (χ1) is 13.0. The summed E-state index contributed by atoms with van der Waals surface area (Å²) >= 11 is 1.50. The minimum Gasteiger partial charge on any atom is -0.351 e. The average Bonchev–Trinajstić information content (AvgIpc) is 3.26. The molecule has 4 rings (SSSR count). The lowest BCUT2D eigenvalue weighted by molar-refractivity contribution is 0.0949. The number of nitrogens with zero attached hydrogens (tertiary/aromatic N) is 4. The second kappa shape index (κ2) is 6.92. The van der Waals surface area contributed by atoms with Crippen LogP contribution in [0.4, 0.5) is 5.13 Å². The molecule has 3 heterocycles. The van der Waals surface area contributed by atoms with Crippen LogP contribution in [0.1, 0.15) is 32.9 Å². The van der Waals surface area contributed by atoms with E-state index in [4.69, 9.17) is 9.51 Å². The van der Waals surface area contributed by atoms with E-state index in [1.54, 1.807) is 30.3 Å². The molecule has 0 saturated heterocycles. The molecule has 0 N–H and O–H groups in total. The number of anilines is 1. The number of thiazole rings is 1. The number of aryl methyl sites for hydroxylation is 3. The van der Waals surface area contributed by atoms with E-state index in [0.29, 0.717) is 17.4 Å². The third-order valence-corrected chi connectivity index (χ3v) is 5.42. The third-order valence-electron chi connectivity index (χ3n) is 4.19. The lowest BCUT2D eigenvalue weighted by atomic mass is 10.1. The minimum atomic E-state index is -0.270. The van der Waals surface area contributed by atoms with Gasteiger partial charge in [0, 0.05) is 18.5 Å². The van der Waals surface area contributed by atoms with E-state index in [2.05, 4.69) is 23.1 Å². The van der Waals surface area contributed by atoms with Gasteiger partial charge in [0.25, 0.3) is 5.91 Å². The molecule has 1 amide bonds. The Balaban J connectivity index is 1.79. The predicted molar refractivity (Wildman–Crippen MR) is 105 cm³/mol. The smallest absolute Gasteiger partial charge is 0.298 e. The number of rotatable bonds is 4. The number of hydrogen-bond donors (Lipinski definition) is 0. The molecule has 0 aliphatic carbocycles. The first kappa shape index (κ1) is 17.4. The normalized spacial score (nSPS) is 11.1. The van der Waals surface area contributed by atoms with Gasteiger partial charge in [-0.25, -0.2) is 4.98 Å². The van der Waals surface area contributed by atoms with Crippen molar-refractivity contribution in [2.75, 3.05) is 4.90 Å². The molecule has 4 aromatic rings. The van der Waals surface area contributed by atoms with Gasteiger partial charge in [0.05, 0.1) is 22.5 Å². The van der Waals surface area contributed by atoms with Crippen molar-refractivity contribution in [1.29, 1.82) is 0 Å². The summed E-state index contributed by atoms with van der Waals surface area (Å²) < 4.78 is 6.28. The summed E-state index contributed by atoms with van der Waals surface area (Å²) in [6.07, 6.45) is 3.45. The van der Waals surface area contributed by atoms with Gasteiger partial charge in [-0.05, 0) is 49.6 Å². The predicted octanol–water partition coefficient (Wildman–Crippen LogP) is 4.45. The molecule has 3 aromatic heterocycles. The Bertz CT molecular complexity index is 1120. The van der Waals surface area contributed by atoms with Crippen LogP contribution in [0.2, 0.25) is 0 Å². The van der Waals surface area contributed by atoms with E-state index in [9.17, 15) is 4.79 Å². The Morgan fingerprint density at radius 2 is 2.07 bits per heavy atom. The topological polar surface area (TPSA) is 72.1 Å². The molecule has 136 valence electrons. The lowest BCUT2D eigenvalue weighted by Gasteiger charge is -2.18. The SMILES string of the molecule is Cc1cc(C)c2sc(N(Cc3cccnc3)C(=O)c3cc(C)no3)nc2c1. The van der Waals surface area contributed by atoms with Gasteiger partial charge in [-0.15, -0.1) is 0 Å². The highest BCUT2D eigenvalue weighted by Gasteiger charge is 2.25. The zero-order chi connectivity index (χ0) is 19.0. The number of pyridine rings is 1. The lowest BCUT2D eigenvalue weighted by Crippen LogP contribution is -2.30. The van der Waals surface area contributed by atoms with E-state index in [1.807, 2.05) is 25.1 Å². The molecule has 0 spiro atoms. The molecule has 0 aliphatic rings. The summed E-state index contributed by atoms with van der Waals surface area (Å²) in [7, 11) is 0. The fraction of sp³-hybridized carbons (Fsp3) is 0.200. The van der Waals surface area contributed by atoms with Gasteiger partial charge in [-0.3, -0.25) is 14.7 Å². The van der Waals surface area contributed by atoms with E-state index < -0.39 is 0 Å². The van der Waals surface area contributed by atoms with Crippen LogP contribution in [0.25, 0.3) is 10.2 Å². The fourth-order valence-electron chi connectivity index (χ4n) is 2.98. The van der Waals surface area contributed by atoms with Crippen LogP contribution in [0.3, 0.4) is 0 Å². The van der Waals surface area contributed by atoms with Crippen LogP contribution in [0, 0.1) is 20.8 Å². The Kier molecular flexibility index (Phi) is 4.45. The maximum Gasteiger partial charge on any atom is 0.298 e. The summed E-state index contributed by atoms with van der Waals surface area (Å²) in [5, 5.41) is 4.46. The van der Waals surface area contributed by atoms with Crippen molar-refractivity contribution in [3.63, 3.8) is 0 Å². The van der Waals surface area contributed by atoms with Gasteiger partial charge in [0.15, 0.2) is 5.13 Å². The van der Waals surface area contributed by atoms with E-state index >= 15 is 0 Å². The largest absolute Gasteiger partial charge is 0.351 e. The van der Waals surface area contributed by atoms with Gasteiger partial charge >= 0.3 is 0 Å². The van der Waals surface area contributed by atoms with Gasteiger partial charge < -0.3 is 4.52 Å². The second-order valence-corrected chi connectivity index (χ2v) is 7.49. The highest BCUT2D eigenvalue weighted by molar-refractivity contribution is 7.22. The summed E-state index contributed by atoms with van der Waals surface area (Å²) in [5.74, 6) is -0.0727. The molecule has 6 nitrogen and oxygen atoms in total. The zero-order valence-corrected chi connectivity index (χ0v) is 16.1. The molecule has 0 radical (unpaired) electrons. The molecule has 0 atom stereocenters. The first-order valence-electron chi connectivity index (χ1n) is 8.53. The van der Waals surface area contributed by atoms with Crippen LogP contribution in [0.15, 0.2) is 47.2 Å². The number of carbonyl (C=O) groups is 1. The minimum absolute atomic E-state index is 0.198. The summed E-state index contributed by atoms with van der Waals surface area (Å²) in [4.78, 5) is 23.6. The Hall–Kier alpha value is -3.06. The van der Waals surface area contributed by atoms with Crippen molar-refractivity contribution in [3.8, 4) is 0 Å². The van der Waals surface area contributed by atoms with Crippen molar-refractivity contribution in [1.82, 2.24) is 15.1 Å². The Morgan fingerprint density at radius 3 is 2.78 bits per heavy atom. The molecule has 27 heavy (non-hydrogen) atoms. The van der Waals surface area contributed by atoms with Gasteiger partial charge in [0.1, 0.15) is 0 Å². The number of amides is 1. The van der Waals surface area contributed by atoms with Crippen LogP contribution < -0.4 is 4.90 Å². The average molecular weight is 378 g/mol. The number of carbonyl (C=O) groups excluding carboxylic acids is 1. The highest BCUT2D eigenvalue weighted by atomic mass is 32.1. The Morgan fingerprint density at radius 1 is 1.22 bits per heavy atom. The van der Waals surface area contributed by atoms with Crippen LogP contribution in [0.5, 0.6) is 0 Å². The second-order valence-electron chi connectivity index (χ2n) is 6.51. The number of fused-ring (bicyclic) bond motifs is 1. The molecular weight excluding hydrogens is 360 g/mol. The molecule has 0 unspecified atom stereocenters. The standard InChI is InChI=1S/C20H18N4O2S/c1-12-7-13(2)18-16(8-12)22-20(27-18)24(11-15-5-4-6-21-10-15)19(25)17-9-14(3)23-26-17/h4-10H,11H2,1-3H3. The molecule has 1 aromatic carbocycles. The fourth-order valence-corrected chi connectivity index (χ4v) is 3.99. The van der Waals surface area contributed by atoms with Crippen molar-refractivity contribution in [2.45, 2.75) is 27.3 Å². The Labute approximate surface area is 160 Å². The van der Waals surface area contributed by atoms with Crippen molar-refractivity contribution < 1.29 is 9.32 Å². The van der Waals surface area contributed by atoms with Crippen molar-refractivity contribution >= 4 is 32.6 Å². The number of aromatic nitrogens is 3. The van der Waals surface area contributed by atoms with Gasteiger partial charge in [-0.1, -0.05) is 28.6 Å². The van der Waals surface area contributed by atoms with Crippen molar-refractivity contribution in [3.05, 3.63) is 70.9 Å². The quantitative estimate of drug-likeness (QED) is 0.524. The molecular formula is C20H18N4O2S. The van der Waals surface area contributed by atoms with E-state index in [0.717, 1.165) is 26.9 Å². The monoisotopic (exact) mass is 378 g/mol. The van der Waals surface area contributed by atoms with Crippen LogP contribution in [-0.2, 0) is 6.54 Å². The molecule has 0 saturated carbocycles. The summed E-state index contributed by atoms with van der Waals surface area (Å²) in [6.45, 7) is 6.24. The maximum absolute atomic E-state index is 13.1. The first-order valence-corrected chi connectivity index (χ1v) is 9.35. The third kappa shape index (κ3) is 3.46. The number of hydrogen-bond acceptors (Lipinski definition) is 6. The maximum atomic E-state index is 13.1. The molecule has 0 aliphatic heterocycles. The van der Waals surface area contributed by atoms with Crippen LogP contribution >= 0.6 is 11.3 Å².